The summed E-state index contributed by atoms with van der Waals surface area (Å²) >= 11 is 0. The second-order valence-corrected chi connectivity index (χ2v) is 8.48. The van der Waals surface area contributed by atoms with E-state index in [0.29, 0.717) is 0 Å². The smallest absolute Gasteiger partial charge is 0.100 e. The van der Waals surface area contributed by atoms with Gasteiger partial charge in [-0.25, -0.2) is 0 Å². The van der Waals surface area contributed by atoms with Gasteiger partial charge in [0.2, 0.25) is 0 Å². The fourth-order valence-electron chi connectivity index (χ4n) is 4.32. The molecule has 0 aromatic rings. The maximum absolute atomic E-state index is 2.48. The van der Waals surface area contributed by atoms with Crippen LogP contribution in [0.2, 0.25) is 0 Å². The summed E-state index contributed by atoms with van der Waals surface area (Å²) in [5, 5.41) is 0. The van der Waals surface area contributed by atoms with Crippen molar-refractivity contribution in [3.63, 3.8) is 0 Å². The predicted molar refractivity (Wildman–Crippen MR) is 120 cm³/mol. The molecule has 0 spiro atoms. The zero-order valence-electron chi connectivity index (χ0n) is 17.7. The number of rotatable bonds is 0. The maximum atomic E-state index is 2.48. The number of quaternary nitrogens is 2. The molecule has 0 amide bonds. The lowest BCUT2D eigenvalue weighted by molar-refractivity contribution is -0.842. The number of nitrogens with one attached hydrogen (secondary N) is 2. The van der Waals surface area contributed by atoms with E-state index in [-0.39, 0.29) is 0 Å². The van der Waals surface area contributed by atoms with Crippen LogP contribution in [0, 0.1) is 0 Å². The largest absolute Gasteiger partial charge is 0.305 e. The highest BCUT2D eigenvalue weighted by Gasteiger charge is 2.10. The van der Waals surface area contributed by atoms with Crippen LogP contribution in [0.5, 0.6) is 0 Å². The third-order valence-electron chi connectivity index (χ3n) is 5.97. The fraction of sp³-hybridized carbons (Fsp3) is 0.538. The zero-order chi connectivity index (χ0) is 19.3. The highest BCUT2D eigenvalue weighted by molar-refractivity contribution is 5.19. The summed E-state index contributed by atoms with van der Waals surface area (Å²) in [4.78, 5) is 3.27. The van der Waals surface area contributed by atoms with Crippen LogP contribution in [0.1, 0.15) is 64.2 Å². The molecule has 2 heteroatoms. The topological polar surface area (TPSA) is 8.88 Å². The first kappa shape index (κ1) is 21.1. The van der Waals surface area contributed by atoms with Crippen LogP contribution in [-0.4, -0.2) is 26.2 Å². The lowest BCUT2D eigenvalue weighted by Crippen LogP contribution is -3.07. The number of hydrogen-bond donors (Lipinski definition) is 2. The Balaban J connectivity index is 1.50. The van der Waals surface area contributed by atoms with E-state index < -0.39 is 0 Å². The summed E-state index contributed by atoms with van der Waals surface area (Å²) in [5.41, 5.74) is 3.05. The Bertz CT molecular complexity index is 577. The molecule has 3 aliphatic rings. The first-order valence-electron chi connectivity index (χ1n) is 11.6. The van der Waals surface area contributed by atoms with Gasteiger partial charge in [0.15, 0.2) is 0 Å². The molecule has 152 valence electrons. The summed E-state index contributed by atoms with van der Waals surface area (Å²) in [6.45, 7) is 4.87. The van der Waals surface area contributed by atoms with Crippen LogP contribution < -0.4 is 9.80 Å². The van der Waals surface area contributed by atoms with Crippen LogP contribution in [0.3, 0.4) is 0 Å². The van der Waals surface area contributed by atoms with E-state index in [2.05, 4.69) is 61.0 Å². The molecule has 3 aliphatic heterocycles. The van der Waals surface area contributed by atoms with Crippen LogP contribution in [-0.2, 0) is 0 Å². The molecule has 0 radical (unpaired) electrons. The summed E-state index contributed by atoms with van der Waals surface area (Å²) in [6.07, 6.45) is 36.5. The van der Waals surface area contributed by atoms with Gasteiger partial charge in [-0.2, -0.15) is 0 Å². The highest BCUT2D eigenvalue weighted by atomic mass is 15.1. The molecule has 3 heterocycles. The van der Waals surface area contributed by atoms with Crippen molar-refractivity contribution in [1.82, 2.24) is 0 Å². The zero-order valence-corrected chi connectivity index (χ0v) is 17.7. The molecule has 0 aliphatic carbocycles. The average Bonchev–Trinajstić information content (AvgIpc) is 2.72. The molecule has 0 fully saturated rings. The minimum atomic E-state index is 1.16. The third-order valence-corrected chi connectivity index (χ3v) is 5.97. The van der Waals surface area contributed by atoms with Crippen molar-refractivity contribution in [3.05, 3.63) is 72.2 Å². The van der Waals surface area contributed by atoms with E-state index in [1.165, 1.54) is 88.4 Å². The lowest BCUT2D eigenvalue weighted by Gasteiger charge is -2.18. The van der Waals surface area contributed by atoms with Crippen molar-refractivity contribution in [3.8, 4) is 0 Å². The van der Waals surface area contributed by atoms with E-state index in [0.717, 1.165) is 13.1 Å². The predicted octanol–water partition coefficient (Wildman–Crippen LogP) is 3.69. The van der Waals surface area contributed by atoms with Gasteiger partial charge in [-0.15, -0.1) is 0 Å². The molecule has 2 atom stereocenters. The first-order valence-corrected chi connectivity index (χ1v) is 11.6. The van der Waals surface area contributed by atoms with E-state index in [1.807, 2.05) is 0 Å². The molecule has 28 heavy (non-hydrogen) atoms. The van der Waals surface area contributed by atoms with Gasteiger partial charge in [0.1, 0.15) is 13.1 Å². The lowest BCUT2D eigenvalue weighted by atomic mass is 10.1. The molecule has 4 bridgehead atoms. The van der Waals surface area contributed by atoms with Crippen molar-refractivity contribution in [2.45, 2.75) is 64.2 Å². The SMILES string of the molecule is C1=CCCC2=C[NH+](CC=C2)CCCCC=CCCC2=C[NH+](CC=C2)CCCC1. The molecular formula is C26H40N2+2. The second kappa shape index (κ2) is 12.7. The van der Waals surface area contributed by atoms with Crippen molar-refractivity contribution >= 4 is 0 Å². The average molecular weight is 381 g/mol. The Labute approximate surface area is 172 Å². The second-order valence-electron chi connectivity index (χ2n) is 8.48. The van der Waals surface area contributed by atoms with Crippen molar-refractivity contribution in [2.24, 2.45) is 0 Å². The van der Waals surface area contributed by atoms with Crippen molar-refractivity contribution in [1.29, 1.82) is 0 Å². The number of hydrogen-bond acceptors (Lipinski definition) is 0. The van der Waals surface area contributed by atoms with Gasteiger partial charge in [-0.1, -0.05) is 36.5 Å². The Hall–Kier alpha value is -1.64. The molecular weight excluding hydrogens is 340 g/mol. The highest BCUT2D eigenvalue weighted by Crippen LogP contribution is 2.10. The van der Waals surface area contributed by atoms with E-state index in [4.69, 9.17) is 0 Å². The minimum absolute atomic E-state index is 1.16. The molecule has 0 saturated heterocycles. The fourth-order valence-corrected chi connectivity index (χ4v) is 4.32. The molecule has 0 aromatic carbocycles. The van der Waals surface area contributed by atoms with Gasteiger partial charge in [-0.3, -0.25) is 0 Å². The normalized spacial score (nSPS) is 28.0. The van der Waals surface area contributed by atoms with Gasteiger partial charge in [0.05, 0.1) is 25.5 Å². The quantitative estimate of drug-likeness (QED) is 0.593. The van der Waals surface area contributed by atoms with Crippen LogP contribution in [0.4, 0.5) is 0 Å². The Kier molecular flexibility index (Phi) is 9.60. The summed E-state index contributed by atoms with van der Waals surface area (Å²) in [5.74, 6) is 0. The summed E-state index contributed by atoms with van der Waals surface area (Å²) in [7, 11) is 0. The Morgan fingerprint density at radius 2 is 0.964 bits per heavy atom. The molecule has 0 aromatic heterocycles. The molecule has 2 N–H and O–H groups in total. The number of fused-ring (bicyclic) bond motifs is 2. The molecule has 3 rings (SSSR count). The third kappa shape index (κ3) is 8.16. The van der Waals surface area contributed by atoms with Gasteiger partial charge in [-0.05, 0) is 76.4 Å². The van der Waals surface area contributed by atoms with Gasteiger partial charge >= 0.3 is 0 Å². The van der Waals surface area contributed by atoms with E-state index >= 15 is 0 Å². The van der Waals surface area contributed by atoms with E-state index in [1.54, 1.807) is 9.80 Å². The van der Waals surface area contributed by atoms with E-state index in [9.17, 15) is 0 Å². The Morgan fingerprint density at radius 3 is 1.46 bits per heavy atom. The van der Waals surface area contributed by atoms with Gasteiger partial charge < -0.3 is 9.80 Å². The molecule has 2 unspecified atom stereocenters. The van der Waals surface area contributed by atoms with Gasteiger partial charge in [0.25, 0.3) is 0 Å². The minimum Gasteiger partial charge on any atom is -0.305 e. The summed E-state index contributed by atoms with van der Waals surface area (Å²) < 4.78 is 0. The monoisotopic (exact) mass is 380 g/mol. The molecule has 2 nitrogen and oxygen atoms in total. The summed E-state index contributed by atoms with van der Waals surface area (Å²) in [6, 6.07) is 0. The van der Waals surface area contributed by atoms with Gasteiger partial charge in [0, 0.05) is 11.1 Å². The molecule has 0 saturated carbocycles. The maximum Gasteiger partial charge on any atom is 0.100 e. The standard InChI is InChI=1S/C26H38N2/c1-3-7-11-19-27-21-14-18-26(24-27)16-10-6-2-4-8-12-20-28-22-13-17-25(23-28)15-9-5-1/h1-2,5-6,13-14,17-18,23-24H,3-4,7-12,15-16,19-22H2/p+2. The number of allylic oxidation sites excluding steroid dienone is 8. The van der Waals surface area contributed by atoms with Crippen molar-refractivity contribution in [2.75, 3.05) is 26.2 Å². The Morgan fingerprint density at radius 1 is 0.500 bits per heavy atom. The van der Waals surface area contributed by atoms with Crippen LogP contribution in [0.15, 0.2) is 72.2 Å². The van der Waals surface area contributed by atoms with Crippen LogP contribution >= 0.6 is 0 Å². The van der Waals surface area contributed by atoms with Crippen LogP contribution in [0.25, 0.3) is 0 Å². The van der Waals surface area contributed by atoms with Crippen molar-refractivity contribution < 1.29 is 9.80 Å². The first-order chi connectivity index (χ1) is 13.9.